The summed E-state index contributed by atoms with van der Waals surface area (Å²) < 4.78 is 13.7. The number of amides is 1. The summed E-state index contributed by atoms with van der Waals surface area (Å²) in [6.45, 7) is 0.783. The average Bonchev–Trinajstić information content (AvgIpc) is 2.41. The van der Waals surface area contributed by atoms with E-state index in [0.717, 1.165) is 12.1 Å². The van der Waals surface area contributed by atoms with E-state index in [9.17, 15) is 19.3 Å². The van der Waals surface area contributed by atoms with E-state index in [4.69, 9.17) is 5.73 Å². The van der Waals surface area contributed by atoms with Crippen LogP contribution in [0.25, 0.3) is 0 Å². The molecular weight excluding hydrogens is 333 g/mol. The van der Waals surface area contributed by atoms with Crippen LogP contribution >= 0.6 is 15.9 Å². The van der Waals surface area contributed by atoms with Gasteiger partial charge in [-0.05, 0) is 34.8 Å². The fraction of sp³-hybridized carbons (Fsp3) is 0.417. The summed E-state index contributed by atoms with van der Waals surface area (Å²) in [4.78, 5) is 23.4. The third-order valence-electron chi connectivity index (χ3n) is 3.38. The van der Waals surface area contributed by atoms with Crippen LogP contribution in [0.2, 0.25) is 0 Å². The molecule has 1 fully saturated rings. The normalized spacial score (nSPS) is 18.9. The summed E-state index contributed by atoms with van der Waals surface area (Å²) >= 11 is 3.05. The maximum atomic E-state index is 13.6. The Kier molecular flexibility index (Phi) is 4.22. The number of rotatable bonds is 3. The molecule has 2 N–H and O–H groups in total. The summed E-state index contributed by atoms with van der Waals surface area (Å²) in [5, 5.41) is 11.1. The van der Waals surface area contributed by atoms with Crippen molar-refractivity contribution < 1.29 is 14.1 Å². The van der Waals surface area contributed by atoms with Crippen LogP contribution < -0.4 is 10.6 Å². The third kappa shape index (κ3) is 2.74. The van der Waals surface area contributed by atoms with Crippen molar-refractivity contribution in [3.63, 3.8) is 0 Å². The maximum Gasteiger partial charge on any atom is 0.293 e. The van der Waals surface area contributed by atoms with E-state index in [1.165, 1.54) is 0 Å². The van der Waals surface area contributed by atoms with Crippen LogP contribution in [0.5, 0.6) is 0 Å². The number of hydrogen-bond donors (Lipinski definition) is 1. The second kappa shape index (κ2) is 5.74. The molecule has 1 aromatic carbocycles. The fourth-order valence-electron chi connectivity index (χ4n) is 2.39. The number of primary amides is 1. The van der Waals surface area contributed by atoms with E-state index in [-0.39, 0.29) is 28.3 Å². The van der Waals surface area contributed by atoms with Crippen molar-refractivity contribution in [3.8, 4) is 0 Å². The van der Waals surface area contributed by atoms with Gasteiger partial charge >= 0.3 is 0 Å². The predicted molar refractivity (Wildman–Crippen MR) is 74.9 cm³/mol. The first-order valence-corrected chi connectivity index (χ1v) is 6.87. The number of carbonyl (C=O) groups excluding carboxylic acids is 1. The van der Waals surface area contributed by atoms with Gasteiger partial charge in [-0.1, -0.05) is 0 Å². The van der Waals surface area contributed by atoms with E-state index in [2.05, 4.69) is 15.9 Å². The van der Waals surface area contributed by atoms with Gasteiger partial charge < -0.3 is 10.6 Å². The number of halogens is 2. The standard InChI is InChI=1S/C12H13BrFN3O3/c13-10-8(14)3-4-9(17(19)20)11(10)16-5-1-2-7(6-16)12(15)18/h3-4,7H,1-2,5-6H2,(H2,15,18). The summed E-state index contributed by atoms with van der Waals surface area (Å²) in [6.07, 6.45) is 1.32. The Morgan fingerprint density at radius 3 is 2.85 bits per heavy atom. The number of benzene rings is 1. The minimum atomic E-state index is -0.577. The minimum absolute atomic E-state index is 0.0387. The lowest BCUT2D eigenvalue weighted by atomic mass is 9.97. The lowest BCUT2D eigenvalue weighted by molar-refractivity contribution is -0.384. The molecule has 1 amide bonds. The Labute approximate surface area is 123 Å². The van der Waals surface area contributed by atoms with Gasteiger partial charge in [0.1, 0.15) is 11.5 Å². The van der Waals surface area contributed by atoms with Crippen molar-refractivity contribution in [1.82, 2.24) is 0 Å². The summed E-state index contributed by atoms with van der Waals surface area (Å²) in [5.74, 6) is -1.39. The van der Waals surface area contributed by atoms with Gasteiger partial charge in [0.15, 0.2) is 0 Å². The van der Waals surface area contributed by atoms with Gasteiger partial charge in [-0.15, -0.1) is 0 Å². The smallest absolute Gasteiger partial charge is 0.293 e. The highest BCUT2D eigenvalue weighted by Crippen LogP contribution is 2.39. The van der Waals surface area contributed by atoms with Gasteiger partial charge in [0.25, 0.3) is 5.69 Å². The Bertz CT molecular complexity index is 567. The SMILES string of the molecule is NC(=O)C1CCCN(c2c([N+](=O)[O-])ccc(F)c2Br)C1. The largest absolute Gasteiger partial charge is 0.369 e. The number of piperidine rings is 1. The molecule has 0 bridgehead atoms. The molecule has 0 aliphatic carbocycles. The van der Waals surface area contributed by atoms with Crippen LogP contribution in [0.3, 0.4) is 0 Å². The van der Waals surface area contributed by atoms with E-state index >= 15 is 0 Å². The molecule has 1 saturated heterocycles. The van der Waals surface area contributed by atoms with E-state index in [1.54, 1.807) is 4.90 Å². The molecule has 1 aromatic rings. The van der Waals surface area contributed by atoms with Crippen LogP contribution in [0.1, 0.15) is 12.8 Å². The molecule has 8 heteroatoms. The van der Waals surface area contributed by atoms with Crippen LogP contribution in [-0.2, 0) is 4.79 Å². The van der Waals surface area contributed by atoms with Crippen molar-refractivity contribution in [2.24, 2.45) is 11.7 Å². The Morgan fingerprint density at radius 2 is 2.25 bits per heavy atom. The van der Waals surface area contributed by atoms with Crippen molar-refractivity contribution in [2.45, 2.75) is 12.8 Å². The van der Waals surface area contributed by atoms with E-state index in [1.807, 2.05) is 0 Å². The monoisotopic (exact) mass is 345 g/mol. The molecule has 1 unspecified atom stereocenters. The second-order valence-electron chi connectivity index (χ2n) is 4.67. The first-order valence-electron chi connectivity index (χ1n) is 6.08. The van der Waals surface area contributed by atoms with E-state index < -0.39 is 16.6 Å². The van der Waals surface area contributed by atoms with Gasteiger partial charge in [0.2, 0.25) is 5.91 Å². The third-order valence-corrected chi connectivity index (χ3v) is 4.14. The van der Waals surface area contributed by atoms with Crippen molar-refractivity contribution in [3.05, 3.63) is 32.5 Å². The van der Waals surface area contributed by atoms with Crippen molar-refractivity contribution >= 4 is 33.2 Å². The number of anilines is 1. The number of hydrogen-bond acceptors (Lipinski definition) is 4. The summed E-state index contributed by atoms with van der Waals surface area (Å²) in [5.41, 5.74) is 5.26. The highest BCUT2D eigenvalue weighted by atomic mass is 79.9. The molecule has 0 saturated carbocycles. The molecular formula is C12H13BrFN3O3. The Hall–Kier alpha value is -1.70. The highest BCUT2D eigenvalue weighted by Gasteiger charge is 2.30. The van der Waals surface area contributed by atoms with Gasteiger partial charge in [0.05, 0.1) is 15.3 Å². The van der Waals surface area contributed by atoms with Gasteiger partial charge in [0, 0.05) is 19.2 Å². The Balaban J connectivity index is 2.43. The summed E-state index contributed by atoms with van der Waals surface area (Å²) in [7, 11) is 0. The van der Waals surface area contributed by atoms with Crippen LogP contribution in [0.4, 0.5) is 15.8 Å². The Morgan fingerprint density at radius 1 is 1.55 bits per heavy atom. The molecule has 1 heterocycles. The average molecular weight is 346 g/mol. The lowest BCUT2D eigenvalue weighted by Gasteiger charge is -2.33. The molecule has 0 spiro atoms. The maximum absolute atomic E-state index is 13.6. The number of nitro benzene ring substituents is 1. The molecule has 1 aliphatic rings. The number of nitrogens with zero attached hydrogens (tertiary/aromatic N) is 2. The molecule has 108 valence electrons. The van der Waals surface area contributed by atoms with Crippen LogP contribution in [-0.4, -0.2) is 23.9 Å². The summed E-state index contributed by atoms with van der Waals surface area (Å²) in [6, 6.07) is 2.17. The quantitative estimate of drug-likeness (QED) is 0.671. The van der Waals surface area contributed by atoms with Crippen LogP contribution in [0, 0.1) is 21.8 Å². The molecule has 1 aliphatic heterocycles. The zero-order valence-electron chi connectivity index (χ0n) is 10.5. The van der Waals surface area contributed by atoms with Crippen LogP contribution in [0.15, 0.2) is 16.6 Å². The topological polar surface area (TPSA) is 89.5 Å². The van der Waals surface area contributed by atoms with E-state index in [0.29, 0.717) is 19.4 Å². The first kappa shape index (κ1) is 14.7. The van der Waals surface area contributed by atoms with Gasteiger partial charge in [-0.2, -0.15) is 0 Å². The molecule has 0 radical (unpaired) electrons. The second-order valence-corrected chi connectivity index (χ2v) is 5.47. The minimum Gasteiger partial charge on any atom is -0.369 e. The highest BCUT2D eigenvalue weighted by molar-refractivity contribution is 9.10. The fourth-order valence-corrected chi connectivity index (χ4v) is 2.98. The van der Waals surface area contributed by atoms with Crippen molar-refractivity contribution in [2.75, 3.05) is 18.0 Å². The van der Waals surface area contributed by atoms with Gasteiger partial charge in [-0.25, -0.2) is 4.39 Å². The number of carbonyl (C=O) groups is 1. The lowest BCUT2D eigenvalue weighted by Crippen LogP contribution is -2.41. The molecule has 6 nitrogen and oxygen atoms in total. The zero-order valence-corrected chi connectivity index (χ0v) is 12.1. The molecule has 2 rings (SSSR count). The van der Waals surface area contributed by atoms with Gasteiger partial charge in [-0.3, -0.25) is 14.9 Å². The first-order chi connectivity index (χ1) is 9.41. The number of nitro groups is 1. The van der Waals surface area contributed by atoms with Crippen molar-refractivity contribution in [1.29, 1.82) is 0 Å². The number of nitrogens with two attached hydrogens (primary N) is 1. The predicted octanol–water partition coefficient (Wildman–Crippen LogP) is 2.20. The molecule has 0 aromatic heterocycles. The zero-order chi connectivity index (χ0) is 14.9. The molecule has 1 atom stereocenters. The molecule has 20 heavy (non-hydrogen) atoms.